The Morgan fingerprint density at radius 3 is 2.48 bits per heavy atom. The third-order valence-electron chi connectivity index (χ3n) is 3.62. The van der Waals surface area contributed by atoms with E-state index >= 15 is 0 Å². The minimum Gasteiger partial charge on any atom is -0.349 e. The number of hydrogen-bond donors (Lipinski definition) is 1. The zero-order valence-corrected chi connectivity index (χ0v) is 12.4. The third kappa shape index (κ3) is 3.91. The fourth-order valence-corrected chi connectivity index (χ4v) is 2.44. The number of carbonyl (C=O) groups is 1. The van der Waals surface area contributed by atoms with Gasteiger partial charge in [-0.2, -0.15) is 0 Å². The van der Waals surface area contributed by atoms with Crippen LogP contribution in [-0.4, -0.2) is 5.91 Å². The van der Waals surface area contributed by atoms with E-state index in [1.165, 1.54) is 6.07 Å². The lowest BCUT2D eigenvalue weighted by Gasteiger charge is -2.19. The molecule has 1 amide bonds. The summed E-state index contributed by atoms with van der Waals surface area (Å²) in [5.74, 6) is -0.494. The molecular formula is C18H20FNO. The molecule has 0 aliphatic rings. The normalized spacial score (nSPS) is 12.0. The zero-order chi connectivity index (χ0) is 15.2. The number of carbonyl (C=O) groups excluding carboxylic acids is 1. The van der Waals surface area contributed by atoms with Gasteiger partial charge in [0, 0.05) is 0 Å². The van der Waals surface area contributed by atoms with Gasteiger partial charge in [0.15, 0.2) is 0 Å². The van der Waals surface area contributed by atoms with E-state index in [-0.39, 0.29) is 24.2 Å². The van der Waals surface area contributed by atoms with Crippen LogP contribution in [-0.2, 0) is 11.2 Å². The van der Waals surface area contributed by atoms with Crippen LogP contribution >= 0.6 is 0 Å². The summed E-state index contributed by atoms with van der Waals surface area (Å²) >= 11 is 0. The largest absolute Gasteiger partial charge is 0.349 e. The quantitative estimate of drug-likeness (QED) is 0.885. The van der Waals surface area contributed by atoms with Gasteiger partial charge in [-0.25, -0.2) is 4.39 Å². The Hall–Kier alpha value is -2.16. The van der Waals surface area contributed by atoms with Gasteiger partial charge >= 0.3 is 0 Å². The Kier molecular flexibility index (Phi) is 5.09. The molecule has 2 aromatic carbocycles. The highest BCUT2D eigenvalue weighted by Crippen LogP contribution is 2.20. The highest BCUT2D eigenvalue weighted by molar-refractivity contribution is 5.79. The van der Waals surface area contributed by atoms with Crippen molar-refractivity contribution in [1.29, 1.82) is 0 Å². The first kappa shape index (κ1) is 15.2. The van der Waals surface area contributed by atoms with Crippen LogP contribution in [0.25, 0.3) is 0 Å². The van der Waals surface area contributed by atoms with E-state index in [1.807, 2.05) is 38.1 Å². The average Bonchev–Trinajstić information content (AvgIpc) is 2.48. The first-order chi connectivity index (χ1) is 10.1. The molecule has 0 aliphatic carbocycles. The smallest absolute Gasteiger partial charge is 0.225 e. The van der Waals surface area contributed by atoms with Gasteiger partial charge in [0.05, 0.1) is 12.5 Å². The monoisotopic (exact) mass is 285 g/mol. The van der Waals surface area contributed by atoms with E-state index in [4.69, 9.17) is 0 Å². The van der Waals surface area contributed by atoms with E-state index < -0.39 is 0 Å². The molecule has 0 bridgehead atoms. The van der Waals surface area contributed by atoms with Crippen LogP contribution in [0.3, 0.4) is 0 Å². The maximum absolute atomic E-state index is 13.6. The number of aryl methyl sites for hydroxylation is 1. The predicted molar refractivity (Wildman–Crippen MR) is 82.5 cm³/mol. The van der Waals surface area contributed by atoms with Crippen molar-refractivity contribution in [3.05, 3.63) is 71.0 Å². The Morgan fingerprint density at radius 1 is 1.14 bits per heavy atom. The Bertz CT molecular complexity index is 624. The third-order valence-corrected chi connectivity index (χ3v) is 3.62. The van der Waals surface area contributed by atoms with Crippen molar-refractivity contribution in [2.45, 2.75) is 32.7 Å². The number of nitrogens with one attached hydrogen (secondary N) is 1. The second kappa shape index (κ2) is 7.02. The molecule has 1 atom stereocenters. The van der Waals surface area contributed by atoms with Gasteiger partial charge in [0.2, 0.25) is 5.91 Å². The van der Waals surface area contributed by atoms with Crippen molar-refractivity contribution in [2.24, 2.45) is 0 Å². The number of hydrogen-bond acceptors (Lipinski definition) is 1. The summed E-state index contributed by atoms with van der Waals surface area (Å²) in [4.78, 5) is 12.1. The van der Waals surface area contributed by atoms with Gasteiger partial charge in [-0.3, -0.25) is 4.79 Å². The van der Waals surface area contributed by atoms with Crippen LogP contribution in [0.4, 0.5) is 4.39 Å². The lowest BCUT2D eigenvalue weighted by atomic mass is 9.99. The van der Waals surface area contributed by atoms with Crippen molar-refractivity contribution in [3.63, 3.8) is 0 Å². The van der Waals surface area contributed by atoms with E-state index in [0.717, 1.165) is 17.5 Å². The maximum Gasteiger partial charge on any atom is 0.225 e. The molecule has 0 radical (unpaired) electrons. The van der Waals surface area contributed by atoms with E-state index in [0.29, 0.717) is 5.56 Å². The molecule has 0 spiro atoms. The summed E-state index contributed by atoms with van der Waals surface area (Å²) in [5.41, 5.74) is 2.69. The molecule has 21 heavy (non-hydrogen) atoms. The lowest BCUT2D eigenvalue weighted by Crippen LogP contribution is -2.30. The predicted octanol–water partition coefficient (Wildman–Crippen LogP) is 3.94. The van der Waals surface area contributed by atoms with Crippen molar-refractivity contribution < 1.29 is 9.18 Å². The molecule has 0 aliphatic heterocycles. The fourth-order valence-electron chi connectivity index (χ4n) is 2.44. The second-order valence-electron chi connectivity index (χ2n) is 5.15. The molecular weight excluding hydrogens is 265 g/mol. The van der Waals surface area contributed by atoms with E-state index in [9.17, 15) is 9.18 Å². The van der Waals surface area contributed by atoms with Crippen LogP contribution in [0.15, 0.2) is 48.5 Å². The Balaban J connectivity index is 2.07. The molecule has 0 heterocycles. The summed E-state index contributed by atoms with van der Waals surface area (Å²) in [6, 6.07) is 14.3. The number of amides is 1. The molecule has 2 rings (SSSR count). The van der Waals surface area contributed by atoms with Gasteiger partial charge < -0.3 is 5.32 Å². The van der Waals surface area contributed by atoms with Gasteiger partial charge in [0.1, 0.15) is 5.82 Å². The SMILES string of the molecule is CC[C@H](NC(=O)Cc1ccccc1F)c1ccccc1C. The Morgan fingerprint density at radius 2 is 1.81 bits per heavy atom. The number of rotatable bonds is 5. The van der Waals surface area contributed by atoms with Crippen LogP contribution in [0.5, 0.6) is 0 Å². The highest BCUT2D eigenvalue weighted by Gasteiger charge is 2.15. The van der Waals surface area contributed by atoms with Crippen LogP contribution in [0.2, 0.25) is 0 Å². The molecule has 3 heteroatoms. The highest BCUT2D eigenvalue weighted by atomic mass is 19.1. The number of benzene rings is 2. The van der Waals surface area contributed by atoms with Crippen LogP contribution < -0.4 is 5.32 Å². The van der Waals surface area contributed by atoms with Gasteiger partial charge in [0.25, 0.3) is 0 Å². The van der Waals surface area contributed by atoms with Crippen LogP contribution in [0, 0.1) is 12.7 Å². The average molecular weight is 285 g/mol. The Labute approximate surface area is 125 Å². The first-order valence-corrected chi connectivity index (χ1v) is 7.20. The van der Waals surface area contributed by atoms with E-state index in [2.05, 4.69) is 5.32 Å². The summed E-state index contributed by atoms with van der Waals surface area (Å²) in [6.45, 7) is 4.06. The number of halogens is 1. The minimum absolute atomic E-state index is 0.0366. The molecule has 2 aromatic rings. The molecule has 2 nitrogen and oxygen atoms in total. The summed E-state index contributed by atoms with van der Waals surface area (Å²) in [7, 11) is 0. The standard InChI is InChI=1S/C18H20FNO/c1-3-17(15-10-6-4-8-13(15)2)20-18(21)12-14-9-5-7-11-16(14)19/h4-11,17H,3,12H2,1-2H3,(H,20,21)/t17-/m0/s1. The topological polar surface area (TPSA) is 29.1 Å². The molecule has 0 saturated carbocycles. The maximum atomic E-state index is 13.6. The van der Waals surface area contributed by atoms with Crippen molar-refractivity contribution in [3.8, 4) is 0 Å². The fraction of sp³-hybridized carbons (Fsp3) is 0.278. The second-order valence-corrected chi connectivity index (χ2v) is 5.15. The van der Waals surface area contributed by atoms with Crippen molar-refractivity contribution in [1.82, 2.24) is 5.32 Å². The van der Waals surface area contributed by atoms with Gasteiger partial charge in [-0.15, -0.1) is 0 Å². The summed E-state index contributed by atoms with van der Waals surface area (Å²) < 4.78 is 13.6. The molecule has 0 fully saturated rings. The van der Waals surface area contributed by atoms with E-state index in [1.54, 1.807) is 18.2 Å². The molecule has 0 unspecified atom stereocenters. The van der Waals surface area contributed by atoms with Crippen molar-refractivity contribution >= 4 is 5.91 Å². The summed E-state index contributed by atoms with van der Waals surface area (Å²) in [6.07, 6.45) is 0.864. The molecule has 0 saturated heterocycles. The van der Waals surface area contributed by atoms with Gasteiger partial charge in [-0.1, -0.05) is 49.4 Å². The molecule has 0 aromatic heterocycles. The zero-order valence-electron chi connectivity index (χ0n) is 12.4. The lowest BCUT2D eigenvalue weighted by molar-refractivity contribution is -0.121. The van der Waals surface area contributed by atoms with Crippen molar-refractivity contribution in [2.75, 3.05) is 0 Å². The first-order valence-electron chi connectivity index (χ1n) is 7.20. The minimum atomic E-state index is -0.336. The van der Waals surface area contributed by atoms with Crippen LogP contribution in [0.1, 0.15) is 36.1 Å². The van der Waals surface area contributed by atoms with Gasteiger partial charge in [-0.05, 0) is 36.1 Å². The molecule has 110 valence electrons. The molecule has 1 N–H and O–H groups in total. The summed E-state index contributed by atoms with van der Waals surface area (Å²) in [5, 5.41) is 2.99.